The van der Waals surface area contributed by atoms with Crippen molar-refractivity contribution in [2.75, 3.05) is 38.6 Å². The van der Waals surface area contributed by atoms with E-state index < -0.39 is 0 Å². The molecule has 1 amide bonds. The summed E-state index contributed by atoms with van der Waals surface area (Å²) in [4.78, 5) is 17.4. The molecule has 0 spiro atoms. The molecule has 0 aromatic heterocycles. The maximum absolute atomic E-state index is 12.5. The zero-order chi connectivity index (χ0) is 16.2. The lowest BCUT2D eigenvalue weighted by Crippen LogP contribution is -2.43. The Bertz CT molecular complexity index is 526. The number of rotatable bonds is 5. The van der Waals surface area contributed by atoms with Gasteiger partial charge in [-0.15, -0.1) is 0 Å². The highest BCUT2D eigenvalue weighted by molar-refractivity contribution is 5.94. The van der Waals surface area contributed by atoms with Crippen LogP contribution in [0.4, 0.5) is 5.69 Å². The van der Waals surface area contributed by atoms with E-state index in [1.54, 1.807) is 7.11 Å². The van der Waals surface area contributed by atoms with E-state index in [0.29, 0.717) is 6.04 Å². The summed E-state index contributed by atoms with van der Waals surface area (Å²) in [6.07, 6.45) is 3.83. The molecule has 2 saturated heterocycles. The number of nitrogens with zero attached hydrogens (tertiary/aromatic N) is 2. The lowest BCUT2D eigenvalue weighted by molar-refractivity contribution is -0.120. The van der Waals surface area contributed by atoms with E-state index in [9.17, 15) is 4.79 Å². The highest BCUT2D eigenvalue weighted by Gasteiger charge is 2.33. The van der Waals surface area contributed by atoms with Gasteiger partial charge < -0.3 is 10.1 Å². The SMILES string of the molecule is COc1ccc(NC(=O)[C@H](C)N2CC[C@H](N3CCCC3)C2)cc1. The number of carbonyl (C=O) groups excluding carboxylic acids is 1. The molecule has 2 aliphatic rings. The van der Waals surface area contributed by atoms with Crippen LogP contribution in [0.1, 0.15) is 26.2 Å². The van der Waals surface area contributed by atoms with Gasteiger partial charge in [-0.05, 0) is 63.5 Å². The number of amides is 1. The average molecular weight is 317 g/mol. The molecule has 2 heterocycles. The third-order valence-electron chi connectivity index (χ3n) is 5.14. The van der Waals surface area contributed by atoms with E-state index >= 15 is 0 Å². The van der Waals surface area contributed by atoms with Crippen molar-refractivity contribution in [2.45, 2.75) is 38.3 Å². The second kappa shape index (κ2) is 7.32. The summed E-state index contributed by atoms with van der Waals surface area (Å²) in [6.45, 7) is 6.48. The maximum Gasteiger partial charge on any atom is 0.241 e. The monoisotopic (exact) mass is 317 g/mol. The van der Waals surface area contributed by atoms with Crippen molar-refractivity contribution < 1.29 is 9.53 Å². The van der Waals surface area contributed by atoms with Gasteiger partial charge in [-0.25, -0.2) is 0 Å². The molecule has 2 fully saturated rings. The van der Waals surface area contributed by atoms with E-state index in [0.717, 1.165) is 24.5 Å². The summed E-state index contributed by atoms with van der Waals surface area (Å²) in [5.74, 6) is 0.862. The van der Waals surface area contributed by atoms with Crippen molar-refractivity contribution in [3.63, 3.8) is 0 Å². The highest BCUT2D eigenvalue weighted by atomic mass is 16.5. The molecule has 5 nitrogen and oxygen atoms in total. The number of methoxy groups -OCH3 is 1. The summed E-state index contributed by atoms with van der Waals surface area (Å²) in [6, 6.07) is 8.01. The lowest BCUT2D eigenvalue weighted by Gasteiger charge is -2.26. The van der Waals surface area contributed by atoms with Crippen molar-refractivity contribution >= 4 is 11.6 Å². The van der Waals surface area contributed by atoms with Crippen LogP contribution in [0.25, 0.3) is 0 Å². The predicted molar refractivity (Wildman–Crippen MR) is 91.9 cm³/mol. The fourth-order valence-corrected chi connectivity index (χ4v) is 3.61. The second-order valence-electron chi connectivity index (χ2n) is 6.57. The summed E-state index contributed by atoms with van der Waals surface area (Å²) in [7, 11) is 1.64. The van der Waals surface area contributed by atoms with Crippen LogP contribution in [0.15, 0.2) is 24.3 Å². The summed E-state index contributed by atoms with van der Waals surface area (Å²) < 4.78 is 5.14. The molecule has 1 aromatic rings. The summed E-state index contributed by atoms with van der Waals surface area (Å²) in [5.41, 5.74) is 0.818. The minimum Gasteiger partial charge on any atom is -0.497 e. The molecule has 1 aromatic carbocycles. The molecule has 0 aliphatic carbocycles. The number of carbonyl (C=O) groups is 1. The van der Waals surface area contributed by atoms with Gasteiger partial charge in [0.15, 0.2) is 0 Å². The number of anilines is 1. The Labute approximate surface area is 138 Å². The van der Waals surface area contributed by atoms with E-state index in [2.05, 4.69) is 15.1 Å². The van der Waals surface area contributed by atoms with Gasteiger partial charge in [0.25, 0.3) is 0 Å². The van der Waals surface area contributed by atoms with Crippen LogP contribution in [0, 0.1) is 0 Å². The Hall–Kier alpha value is -1.59. The first-order valence-electron chi connectivity index (χ1n) is 8.60. The molecule has 0 unspecified atom stereocenters. The number of ether oxygens (including phenoxy) is 1. The molecular formula is C18H27N3O2. The summed E-state index contributed by atoms with van der Waals surface area (Å²) >= 11 is 0. The fraction of sp³-hybridized carbons (Fsp3) is 0.611. The molecule has 0 saturated carbocycles. The molecule has 3 rings (SSSR count). The first-order valence-corrected chi connectivity index (χ1v) is 8.60. The normalized spacial score (nSPS) is 23.8. The van der Waals surface area contributed by atoms with Gasteiger partial charge in [-0.2, -0.15) is 0 Å². The second-order valence-corrected chi connectivity index (χ2v) is 6.57. The van der Waals surface area contributed by atoms with Crippen molar-refractivity contribution in [1.29, 1.82) is 0 Å². The number of likely N-dealkylation sites (tertiary alicyclic amines) is 2. The van der Waals surface area contributed by atoms with Gasteiger partial charge in [0.2, 0.25) is 5.91 Å². The number of nitrogens with one attached hydrogen (secondary N) is 1. The minimum absolute atomic E-state index is 0.0669. The van der Waals surface area contributed by atoms with Gasteiger partial charge in [0.1, 0.15) is 5.75 Å². The molecule has 2 aliphatic heterocycles. The number of hydrogen-bond acceptors (Lipinski definition) is 4. The molecule has 0 bridgehead atoms. The van der Waals surface area contributed by atoms with E-state index in [-0.39, 0.29) is 11.9 Å². The Morgan fingerprint density at radius 2 is 1.91 bits per heavy atom. The van der Waals surface area contributed by atoms with Crippen LogP contribution in [-0.4, -0.2) is 61.1 Å². The Morgan fingerprint density at radius 3 is 2.57 bits per heavy atom. The smallest absolute Gasteiger partial charge is 0.241 e. The molecular weight excluding hydrogens is 290 g/mol. The standard InChI is InChI=1S/C18H27N3O2/c1-14(18(22)19-15-5-7-17(23-2)8-6-15)21-12-9-16(13-21)20-10-3-4-11-20/h5-8,14,16H,3-4,9-13H2,1-2H3,(H,19,22)/t14-,16-/m0/s1. The highest BCUT2D eigenvalue weighted by Crippen LogP contribution is 2.22. The topological polar surface area (TPSA) is 44.8 Å². The van der Waals surface area contributed by atoms with Crippen LogP contribution >= 0.6 is 0 Å². The Morgan fingerprint density at radius 1 is 1.22 bits per heavy atom. The van der Waals surface area contributed by atoms with Gasteiger partial charge in [-0.3, -0.25) is 14.6 Å². The van der Waals surface area contributed by atoms with Gasteiger partial charge >= 0.3 is 0 Å². The van der Waals surface area contributed by atoms with Gasteiger partial charge in [0.05, 0.1) is 13.2 Å². The van der Waals surface area contributed by atoms with E-state index in [4.69, 9.17) is 4.74 Å². The third-order valence-corrected chi connectivity index (χ3v) is 5.14. The van der Waals surface area contributed by atoms with E-state index in [1.807, 2.05) is 31.2 Å². The zero-order valence-electron chi connectivity index (χ0n) is 14.1. The van der Waals surface area contributed by atoms with E-state index in [1.165, 1.54) is 32.4 Å². The average Bonchev–Trinajstić information content (AvgIpc) is 3.26. The molecule has 1 N–H and O–H groups in total. The van der Waals surface area contributed by atoms with Crippen LogP contribution < -0.4 is 10.1 Å². The molecule has 126 valence electrons. The van der Waals surface area contributed by atoms with Crippen molar-refractivity contribution in [3.8, 4) is 5.75 Å². The van der Waals surface area contributed by atoms with Gasteiger partial charge in [0, 0.05) is 24.8 Å². The quantitative estimate of drug-likeness (QED) is 0.904. The Balaban J connectivity index is 1.52. The maximum atomic E-state index is 12.5. The van der Waals surface area contributed by atoms with Crippen molar-refractivity contribution in [3.05, 3.63) is 24.3 Å². The van der Waals surface area contributed by atoms with Crippen molar-refractivity contribution in [1.82, 2.24) is 9.80 Å². The molecule has 23 heavy (non-hydrogen) atoms. The van der Waals surface area contributed by atoms with Crippen LogP contribution in [0.5, 0.6) is 5.75 Å². The van der Waals surface area contributed by atoms with Crippen LogP contribution in [0.3, 0.4) is 0 Å². The molecule has 2 atom stereocenters. The minimum atomic E-state index is -0.0929. The predicted octanol–water partition coefficient (Wildman–Crippen LogP) is 2.19. The zero-order valence-corrected chi connectivity index (χ0v) is 14.1. The Kier molecular flexibility index (Phi) is 5.18. The van der Waals surface area contributed by atoms with Crippen LogP contribution in [-0.2, 0) is 4.79 Å². The largest absolute Gasteiger partial charge is 0.497 e. The fourth-order valence-electron chi connectivity index (χ4n) is 3.61. The first kappa shape index (κ1) is 16.3. The summed E-state index contributed by atoms with van der Waals surface area (Å²) in [5, 5.41) is 3.00. The first-order chi connectivity index (χ1) is 11.2. The third kappa shape index (κ3) is 3.85. The lowest BCUT2D eigenvalue weighted by atomic mass is 10.2. The number of benzene rings is 1. The van der Waals surface area contributed by atoms with Gasteiger partial charge in [-0.1, -0.05) is 0 Å². The number of hydrogen-bond donors (Lipinski definition) is 1. The molecule has 5 heteroatoms. The molecule has 0 radical (unpaired) electrons. The van der Waals surface area contributed by atoms with Crippen LogP contribution in [0.2, 0.25) is 0 Å². The van der Waals surface area contributed by atoms with Crippen molar-refractivity contribution in [2.24, 2.45) is 0 Å².